The van der Waals surface area contributed by atoms with E-state index in [4.69, 9.17) is 15.2 Å². The van der Waals surface area contributed by atoms with Crippen LogP contribution in [0.3, 0.4) is 0 Å². The minimum atomic E-state index is -0.537. The lowest BCUT2D eigenvalue weighted by Gasteiger charge is -2.10. The molecule has 0 unspecified atom stereocenters. The van der Waals surface area contributed by atoms with E-state index in [0.29, 0.717) is 25.5 Å². The normalized spacial score (nSPS) is 11.2. The molecule has 130 valence electrons. The van der Waals surface area contributed by atoms with E-state index in [1.807, 2.05) is 54.6 Å². The maximum atomic E-state index is 11.6. The number of nitrogens with two attached hydrogens (primary N) is 1. The van der Waals surface area contributed by atoms with Gasteiger partial charge in [-0.3, -0.25) is 4.79 Å². The average Bonchev–Trinajstić information content (AvgIpc) is 2.56. The molecule has 0 aliphatic heterocycles. The Morgan fingerprint density at radius 1 is 1.12 bits per heavy atom. The number of anilines is 1. The Kier molecular flexibility index (Phi) is 8.86. The van der Waals surface area contributed by atoms with Gasteiger partial charge >= 0.3 is 0 Å². The Hall–Kier alpha value is -2.08. The molecule has 2 aromatic carbocycles. The van der Waals surface area contributed by atoms with E-state index in [-0.39, 0.29) is 18.3 Å². The van der Waals surface area contributed by atoms with E-state index in [9.17, 15) is 4.79 Å². The summed E-state index contributed by atoms with van der Waals surface area (Å²) in [7, 11) is 0. The van der Waals surface area contributed by atoms with Gasteiger partial charge in [-0.05, 0) is 36.8 Å². The van der Waals surface area contributed by atoms with Gasteiger partial charge in [-0.25, -0.2) is 0 Å². The van der Waals surface area contributed by atoms with Crippen LogP contribution >= 0.6 is 12.4 Å². The SMILES string of the molecule is C[C@@H](N)C(=O)Nc1cccc(COCCOc2ccccc2)c1.Cl. The molecule has 2 rings (SSSR count). The van der Waals surface area contributed by atoms with Gasteiger partial charge in [0.25, 0.3) is 0 Å². The number of hydrogen-bond donors (Lipinski definition) is 2. The summed E-state index contributed by atoms with van der Waals surface area (Å²) in [5.74, 6) is 0.621. The Balaban J connectivity index is 0.00000288. The van der Waals surface area contributed by atoms with Crippen LogP contribution in [0.15, 0.2) is 54.6 Å². The molecule has 0 aliphatic rings. The van der Waals surface area contributed by atoms with Crippen LogP contribution < -0.4 is 15.8 Å². The van der Waals surface area contributed by atoms with Crippen molar-refractivity contribution in [2.24, 2.45) is 5.73 Å². The van der Waals surface area contributed by atoms with Crippen molar-refractivity contribution in [3.05, 3.63) is 60.2 Å². The van der Waals surface area contributed by atoms with Crippen molar-refractivity contribution < 1.29 is 14.3 Å². The van der Waals surface area contributed by atoms with Gasteiger partial charge in [0.05, 0.1) is 19.3 Å². The van der Waals surface area contributed by atoms with Gasteiger partial charge in [0.1, 0.15) is 12.4 Å². The monoisotopic (exact) mass is 350 g/mol. The Morgan fingerprint density at radius 3 is 2.58 bits per heavy atom. The van der Waals surface area contributed by atoms with E-state index in [2.05, 4.69) is 5.32 Å². The summed E-state index contributed by atoms with van der Waals surface area (Å²) in [6.07, 6.45) is 0. The van der Waals surface area contributed by atoms with Crippen LogP contribution in [0.5, 0.6) is 5.75 Å². The number of halogens is 1. The predicted octanol–water partition coefficient (Wildman–Crippen LogP) is 2.99. The van der Waals surface area contributed by atoms with Gasteiger partial charge in [0.2, 0.25) is 5.91 Å². The van der Waals surface area contributed by atoms with Crippen molar-refractivity contribution in [1.82, 2.24) is 0 Å². The molecule has 0 heterocycles. The summed E-state index contributed by atoms with van der Waals surface area (Å²) >= 11 is 0. The zero-order chi connectivity index (χ0) is 16.5. The van der Waals surface area contributed by atoms with Crippen molar-refractivity contribution >= 4 is 24.0 Å². The molecule has 5 nitrogen and oxygen atoms in total. The molecule has 0 aliphatic carbocycles. The lowest BCUT2D eigenvalue weighted by molar-refractivity contribution is -0.117. The summed E-state index contributed by atoms with van der Waals surface area (Å²) < 4.78 is 11.1. The van der Waals surface area contributed by atoms with Crippen LogP contribution in [0, 0.1) is 0 Å². The quantitative estimate of drug-likeness (QED) is 0.718. The Labute approximate surface area is 148 Å². The second kappa shape index (κ2) is 10.6. The minimum absolute atomic E-state index is 0. The first-order chi connectivity index (χ1) is 11.1. The van der Waals surface area contributed by atoms with Crippen LogP contribution in [0.1, 0.15) is 12.5 Å². The number of amides is 1. The van der Waals surface area contributed by atoms with E-state index in [1.165, 1.54) is 0 Å². The first kappa shape index (κ1) is 20.0. The molecule has 0 bridgehead atoms. The number of nitrogens with one attached hydrogen (secondary N) is 1. The fourth-order valence-corrected chi connectivity index (χ4v) is 1.92. The van der Waals surface area contributed by atoms with Crippen molar-refractivity contribution in [2.45, 2.75) is 19.6 Å². The molecule has 6 heteroatoms. The second-order valence-corrected chi connectivity index (χ2v) is 5.19. The van der Waals surface area contributed by atoms with E-state index < -0.39 is 6.04 Å². The zero-order valence-corrected chi connectivity index (χ0v) is 14.4. The maximum absolute atomic E-state index is 11.6. The largest absolute Gasteiger partial charge is 0.491 e. The number of rotatable bonds is 8. The Morgan fingerprint density at radius 2 is 1.88 bits per heavy atom. The van der Waals surface area contributed by atoms with Crippen LogP contribution in [0.25, 0.3) is 0 Å². The standard InChI is InChI=1S/C18H22N2O3.ClH/c1-14(19)18(21)20-16-7-5-6-15(12-16)13-22-10-11-23-17-8-3-2-4-9-17;/h2-9,12,14H,10-11,13,19H2,1H3,(H,20,21);1H/t14-;/m1./s1. The van der Waals surface area contributed by atoms with Crippen LogP contribution in [0.4, 0.5) is 5.69 Å². The van der Waals surface area contributed by atoms with E-state index >= 15 is 0 Å². The summed E-state index contributed by atoms with van der Waals surface area (Å²) in [5.41, 5.74) is 7.23. The fraction of sp³-hybridized carbons (Fsp3) is 0.278. The summed E-state index contributed by atoms with van der Waals surface area (Å²) in [5, 5.41) is 2.76. The van der Waals surface area contributed by atoms with Gasteiger partial charge < -0.3 is 20.5 Å². The number of hydrogen-bond acceptors (Lipinski definition) is 4. The van der Waals surface area contributed by atoms with E-state index in [0.717, 1.165) is 11.3 Å². The highest BCUT2D eigenvalue weighted by atomic mass is 35.5. The number of ether oxygens (including phenoxy) is 2. The second-order valence-electron chi connectivity index (χ2n) is 5.19. The van der Waals surface area contributed by atoms with Crippen molar-refractivity contribution in [3.63, 3.8) is 0 Å². The van der Waals surface area contributed by atoms with Crippen molar-refractivity contribution in [2.75, 3.05) is 18.5 Å². The average molecular weight is 351 g/mol. The molecule has 0 saturated heterocycles. The lowest BCUT2D eigenvalue weighted by Crippen LogP contribution is -2.32. The molecular formula is C18H23ClN2O3. The molecule has 0 saturated carbocycles. The van der Waals surface area contributed by atoms with Gasteiger partial charge in [-0.2, -0.15) is 0 Å². The molecular weight excluding hydrogens is 328 g/mol. The first-order valence-corrected chi connectivity index (χ1v) is 7.56. The summed E-state index contributed by atoms with van der Waals surface area (Å²) in [6, 6.07) is 16.6. The first-order valence-electron chi connectivity index (χ1n) is 7.56. The summed E-state index contributed by atoms with van der Waals surface area (Å²) in [4.78, 5) is 11.6. The maximum Gasteiger partial charge on any atom is 0.240 e. The third-order valence-electron chi connectivity index (χ3n) is 3.12. The molecule has 2 aromatic rings. The highest BCUT2D eigenvalue weighted by Crippen LogP contribution is 2.12. The highest BCUT2D eigenvalue weighted by molar-refractivity contribution is 5.94. The van der Waals surface area contributed by atoms with Gasteiger partial charge in [0.15, 0.2) is 0 Å². The van der Waals surface area contributed by atoms with Crippen LogP contribution in [0.2, 0.25) is 0 Å². The van der Waals surface area contributed by atoms with E-state index in [1.54, 1.807) is 6.92 Å². The molecule has 24 heavy (non-hydrogen) atoms. The van der Waals surface area contributed by atoms with Crippen LogP contribution in [-0.2, 0) is 16.1 Å². The predicted molar refractivity (Wildman–Crippen MR) is 97.6 cm³/mol. The summed E-state index contributed by atoms with van der Waals surface area (Å²) in [6.45, 7) is 3.09. The minimum Gasteiger partial charge on any atom is -0.491 e. The van der Waals surface area contributed by atoms with Gasteiger partial charge in [-0.15, -0.1) is 12.4 Å². The molecule has 0 aromatic heterocycles. The number of carbonyl (C=O) groups is 1. The lowest BCUT2D eigenvalue weighted by atomic mass is 10.2. The molecule has 1 atom stereocenters. The van der Waals surface area contributed by atoms with Crippen LogP contribution in [-0.4, -0.2) is 25.2 Å². The third kappa shape index (κ3) is 7.00. The number of carbonyl (C=O) groups excluding carboxylic acids is 1. The molecule has 0 radical (unpaired) electrons. The number of benzene rings is 2. The molecule has 3 N–H and O–H groups in total. The van der Waals surface area contributed by atoms with Crippen molar-refractivity contribution in [3.8, 4) is 5.75 Å². The molecule has 0 spiro atoms. The fourth-order valence-electron chi connectivity index (χ4n) is 1.92. The highest BCUT2D eigenvalue weighted by Gasteiger charge is 2.07. The van der Waals surface area contributed by atoms with Crippen molar-refractivity contribution in [1.29, 1.82) is 0 Å². The Bertz CT molecular complexity index is 621. The van der Waals surface area contributed by atoms with Gasteiger partial charge in [-0.1, -0.05) is 30.3 Å². The third-order valence-corrected chi connectivity index (χ3v) is 3.12. The van der Waals surface area contributed by atoms with Gasteiger partial charge in [0, 0.05) is 5.69 Å². The topological polar surface area (TPSA) is 73.6 Å². The smallest absolute Gasteiger partial charge is 0.240 e. The molecule has 1 amide bonds. The zero-order valence-electron chi connectivity index (χ0n) is 13.6. The number of para-hydroxylation sites is 1. The molecule has 0 fully saturated rings.